The number of anilines is 1. The molecule has 3 rings (SSSR count). The van der Waals surface area contributed by atoms with Crippen molar-refractivity contribution < 1.29 is 9.21 Å². The molecule has 25 heavy (non-hydrogen) atoms. The van der Waals surface area contributed by atoms with Gasteiger partial charge in [0.2, 0.25) is 11.8 Å². The van der Waals surface area contributed by atoms with E-state index in [9.17, 15) is 4.79 Å². The zero-order valence-corrected chi connectivity index (χ0v) is 15.2. The fraction of sp³-hybridized carbons (Fsp3) is 0.158. The highest BCUT2D eigenvalue weighted by Crippen LogP contribution is 2.24. The van der Waals surface area contributed by atoms with Crippen LogP contribution >= 0.6 is 23.4 Å². The predicted molar refractivity (Wildman–Crippen MR) is 103 cm³/mol. The fourth-order valence-electron chi connectivity index (χ4n) is 2.15. The minimum Gasteiger partial charge on any atom is -0.444 e. The Morgan fingerprint density at radius 1 is 1.20 bits per heavy atom. The van der Waals surface area contributed by atoms with E-state index < -0.39 is 0 Å². The standard InChI is InChI=1S/C19H17ClN2O2S/c1-13(18(23)21-16-5-3-2-4-6-16)25-12-17-11-24-19(22-17)14-7-9-15(20)10-8-14/h2-11,13H,12H2,1H3,(H,21,23)/t13-/m1/s1. The molecule has 1 atom stereocenters. The summed E-state index contributed by atoms with van der Waals surface area (Å²) in [6.07, 6.45) is 1.62. The van der Waals surface area contributed by atoms with Crippen molar-refractivity contribution >= 4 is 35.0 Å². The molecule has 0 aliphatic rings. The number of para-hydroxylation sites is 1. The summed E-state index contributed by atoms with van der Waals surface area (Å²) >= 11 is 7.40. The van der Waals surface area contributed by atoms with E-state index in [1.54, 1.807) is 18.4 Å². The number of rotatable bonds is 6. The average molecular weight is 373 g/mol. The molecule has 0 fully saturated rings. The zero-order chi connectivity index (χ0) is 17.6. The van der Waals surface area contributed by atoms with Crippen LogP contribution in [0.4, 0.5) is 5.69 Å². The Kier molecular flexibility index (Phi) is 5.79. The smallest absolute Gasteiger partial charge is 0.237 e. The molecule has 1 heterocycles. The fourth-order valence-corrected chi connectivity index (χ4v) is 3.04. The Labute approximate surface area is 155 Å². The van der Waals surface area contributed by atoms with Crippen LogP contribution in [0.25, 0.3) is 11.5 Å². The molecule has 0 aliphatic heterocycles. The molecule has 1 aromatic heterocycles. The summed E-state index contributed by atoms with van der Waals surface area (Å²) in [5.74, 6) is 1.12. The molecule has 128 valence electrons. The minimum absolute atomic E-state index is 0.0300. The van der Waals surface area contributed by atoms with Crippen LogP contribution in [0.15, 0.2) is 65.3 Å². The average Bonchev–Trinajstić information content (AvgIpc) is 3.10. The first-order chi connectivity index (χ1) is 12.1. The van der Waals surface area contributed by atoms with E-state index in [2.05, 4.69) is 10.3 Å². The summed E-state index contributed by atoms with van der Waals surface area (Å²) < 4.78 is 5.51. The number of oxazole rings is 1. The van der Waals surface area contributed by atoms with Crippen LogP contribution in [0.1, 0.15) is 12.6 Å². The van der Waals surface area contributed by atoms with Crippen molar-refractivity contribution in [2.45, 2.75) is 17.9 Å². The third-order valence-corrected chi connectivity index (χ3v) is 4.96. The van der Waals surface area contributed by atoms with E-state index in [-0.39, 0.29) is 11.2 Å². The largest absolute Gasteiger partial charge is 0.444 e. The molecule has 2 aromatic carbocycles. The molecule has 1 amide bonds. The topological polar surface area (TPSA) is 55.1 Å². The zero-order valence-electron chi connectivity index (χ0n) is 13.6. The van der Waals surface area contributed by atoms with Crippen molar-refractivity contribution in [1.29, 1.82) is 0 Å². The SMILES string of the molecule is C[C@@H](SCc1coc(-c2ccc(Cl)cc2)n1)C(=O)Nc1ccccc1. The lowest BCUT2D eigenvalue weighted by molar-refractivity contribution is -0.115. The molecule has 3 aromatic rings. The van der Waals surface area contributed by atoms with Gasteiger partial charge in [0.15, 0.2) is 0 Å². The first-order valence-electron chi connectivity index (χ1n) is 7.79. The van der Waals surface area contributed by atoms with E-state index in [0.717, 1.165) is 16.9 Å². The maximum atomic E-state index is 12.2. The van der Waals surface area contributed by atoms with E-state index in [4.69, 9.17) is 16.0 Å². The number of halogens is 1. The normalized spacial score (nSPS) is 11.9. The van der Waals surface area contributed by atoms with Gasteiger partial charge in [-0.1, -0.05) is 29.8 Å². The summed E-state index contributed by atoms with van der Waals surface area (Å²) in [6, 6.07) is 16.7. The van der Waals surface area contributed by atoms with E-state index >= 15 is 0 Å². The van der Waals surface area contributed by atoms with Gasteiger partial charge in [-0.15, -0.1) is 11.8 Å². The summed E-state index contributed by atoms with van der Waals surface area (Å²) in [5.41, 5.74) is 2.47. The second-order valence-corrected chi connectivity index (χ2v) is 7.22. The molecule has 1 N–H and O–H groups in total. The van der Waals surface area contributed by atoms with Gasteiger partial charge >= 0.3 is 0 Å². The van der Waals surface area contributed by atoms with Crippen LogP contribution in [-0.4, -0.2) is 16.1 Å². The van der Waals surface area contributed by atoms with Gasteiger partial charge < -0.3 is 9.73 Å². The quantitative estimate of drug-likeness (QED) is 0.641. The molecular weight excluding hydrogens is 356 g/mol. The number of nitrogens with one attached hydrogen (secondary N) is 1. The van der Waals surface area contributed by atoms with Crippen molar-refractivity contribution in [3.05, 3.63) is 71.6 Å². The number of benzene rings is 2. The Hall–Kier alpha value is -2.24. The summed E-state index contributed by atoms with van der Waals surface area (Å²) in [4.78, 5) is 16.7. The molecule has 0 spiro atoms. The highest BCUT2D eigenvalue weighted by atomic mass is 35.5. The van der Waals surface area contributed by atoms with E-state index in [1.165, 1.54) is 11.8 Å². The maximum absolute atomic E-state index is 12.2. The van der Waals surface area contributed by atoms with Gasteiger partial charge in [-0.3, -0.25) is 4.79 Å². The number of hydrogen-bond acceptors (Lipinski definition) is 4. The predicted octanol–water partition coefficient (Wildman–Crippen LogP) is 5.26. The molecule has 0 saturated carbocycles. The van der Waals surface area contributed by atoms with Gasteiger partial charge in [-0.2, -0.15) is 0 Å². The van der Waals surface area contributed by atoms with Gasteiger partial charge in [0.25, 0.3) is 0 Å². The van der Waals surface area contributed by atoms with Crippen molar-refractivity contribution in [3.8, 4) is 11.5 Å². The Morgan fingerprint density at radius 2 is 1.92 bits per heavy atom. The van der Waals surface area contributed by atoms with Crippen LogP contribution in [0.2, 0.25) is 5.02 Å². The Bertz CT molecular complexity index is 834. The molecular formula is C19H17ClN2O2S. The van der Waals surface area contributed by atoms with Crippen molar-refractivity contribution in [2.24, 2.45) is 0 Å². The van der Waals surface area contributed by atoms with Crippen LogP contribution in [0.3, 0.4) is 0 Å². The minimum atomic E-state index is -0.198. The molecule has 4 nitrogen and oxygen atoms in total. The number of carbonyl (C=O) groups excluding carboxylic acids is 1. The van der Waals surface area contributed by atoms with Crippen molar-refractivity contribution in [3.63, 3.8) is 0 Å². The summed E-state index contributed by atoms with van der Waals surface area (Å²) in [5, 5.41) is 3.37. The lowest BCUT2D eigenvalue weighted by Crippen LogP contribution is -2.22. The third-order valence-electron chi connectivity index (χ3n) is 3.53. The number of hydrogen-bond donors (Lipinski definition) is 1. The highest BCUT2D eigenvalue weighted by molar-refractivity contribution is 7.99. The van der Waals surface area contributed by atoms with Crippen molar-refractivity contribution in [1.82, 2.24) is 4.98 Å². The number of carbonyl (C=O) groups is 1. The molecule has 0 radical (unpaired) electrons. The number of aromatic nitrogens is 1. The molecule has 0 unspecified atom stereocenters. The lowest BCUT2D eigenvalue weighted by Gasteiger charge is -2.11. The number of nitrogens with zero attached hydrogens (tertiary/aromatic N) is 1. The first kappa shape index (κ1) is 17.6. The molecule has 6 heteroatoms. The van der Waals surface area contributed by atoms with Crippen LogP contribution in [0.5, 0.6) is 0 Å². The Balaban J connectivity index is 1.54. The second-order valence-electron chi connectivity index (χ2n) is 5.46. The first-order valence-corrected chi connectivity index (χ1v) is 9.22. The number of thioether (sulfide) groups is 1. The maximum Gasteiger partial charge on any atom is 0.237 e. The summed E-state index contributed by atoms with van der Waals surface area (Å²) in [6.45, 7) is 1.88. The summed E-state index contributed by atoms with van der Waals surface area (Å²) in [7, 11) is 0. The van der Waals surface area contributed by atoms with Crippen molar-refractivity contribution in [2.75, 3.05) is 5.32 Å². The van der Waals surface area contributed by atoms with Gasteiger partial charge in [0, 0.05) is 22.0 Å². The van der Waals surface area contributed by atoms with Gasteiger partial charge in [-0.05, 0) is 43.3 Å². The second kappa shape index (κ2) is 8.23. The third kappa shape index (κ3) is 4.87. The highest BCUT2D eigenvalue weighted by Gasteiger charge is 2.15. The molecule has 0 aliphatic carbocycles. The van der Waals surface area contributed by atoms with Crippen LogP contribution in [0, 0.1) is 0 Å². The Morgan fingerprint density at radius 3 is 2.64 bits per heavy atom. The van der Waals surface area contributed by atoms with E-state index in [1.807, 2.05) is 49.4 Å². The van der Waals surface area contributed by atoms with Gasteiger partial charge in [-0.25, -0.2) is 4.98 Å². The van der Waals surface area contributed by atoms with Gasteiger partial charge in [0.05, 0.1) is 10.9 Å². The molecule has 0 bridgehead atoms. The van der Waals surface area contributed by atoms with Gasteiger partial charge in [0.1, 0.15) is 6.26 Å². The lowest BCUT2D eigenvalue weighted by atomic mass is 10.2. The van der Waals surface area contributed by atoms with Crippen LogP contribution in [-0.2, 0) is 10.5 Å². The number of amides is 1. The van der Waals surface area contributed by atoms with Crippen LogP contribution < -0.4 is 5.32 Å². The monoisotopic (exact) mass is 372 g/mol. The molecule has 0 saturated heterocycles. The van der Waals surface area contributed by atoms with E-state index in [0.29, 0.717) is 16.7 Å².